The van der Waals surface area contributed by atoms with Crippen molar-refractivity contribution in [3.05, 3.63) is 147 Å². The van der Waals surface area contributed by atoms with Gasteiger partial charge in [0.05, 0.1) is 11.0 Å². The second-order valence-corrected chi connectivity index (χ2v) is 15.5. The van der Waals surface area contributed by atoms with Crippen molar-refractivity contribution >= 4 is 56.5 Å². The zero-order valence-corrected chi connectivity index (χ0v) is 31.3. The molecule has 0 radical (unpaired) electrons. The molecular weight excluding hydrogens is 631 g/mol. The van der Waals surface area contributed by atoms with Gasteiger partial charge in [-0.15, -0.1) is 0 Å². The number of pyridine rings is 1. The maximum atomic E-state index is 6.96. The van der Waals surface area contributed by atoms with Gasteiger partial charge in [0.2, 0.25) is 6.71 Å². The van der Waals surface area contributed by atoms with Crippen LogP contribution in [0.4, 0.5) is 0 Å². The zero-order valence-electron chi connectivity index (χ0n) is 30.6. The smallest absolute Gasteiger partial charge is 0.242 e. The lowest BCUT2D eigenvalue weighted by Gasteiger charge is -2.25. The molecule has 0 amide bonds. The maximum Gasteiger partial charge on any atom is 0.242 e. The van der Waals surface area contributed by atoms with E-state index in [-0.39, 0.29) is 12.1 Å². The van der Waals surface area contributed by atoms with E-state index in [4.69, 9.17) is 21.3 Å². The van der Waals surface area contributed by atoms with Gasteiger partial charge in [-0.05, 0) is 101 Å². The summed E-state index contributed by atoms with van der Waals surface area (Å²) in [5, 5.41) is 2.97. The first-order chi connectivity index (χ1) is 23.8. The minimum absolute atomic E-state index is 0.00180. The number of benzene rings is 5. The molecule has 0 fully saturated rings. The van der Waals surface area contributed by atoms with E-state index in [2.05, 4.69) is 158 Å². The Labute approximate surface area is 302 Å². The predicted octanol–water partition coefficient (Wildman–Crippen LogP) is 10.3. The topological polar surface area (TPSA) is 27.1 Å². The van der Waals surface area contributed by atoms with Gasteiger partial charge in [-0.2, -0.15) is 0 Å². The molecule has 2 aromatic heterocycles. The quantitative estimate of drug-likeness (QED) is 0.164. The summed E-state index contributed by atoms with van der Waals surface area (Å²) in [5.41, 5.74) is 14.8. The number of para-hydroxylation sites is 1. The molecule has 0 bridgehead atoms. The predicted molar refractivity (Wildman–Crippen MR) is 215 cm³/mol. The number of hydrogen-bond acceptors (Lipinski definition) is 2. The molecule has 0 aliphatic carbocycles. The van der Waals surface area contributed by atoms with Crippen LogP contribution in [0.1, 0.15) is 59.7 Å². The van der Waals surface area contributed by atoms with Gasteiger partial charge < -0.3 is 4.74 Å². The number of fused-ring (bicyclic) bond motifs is 3. The number of nitrogens with zero attached hydrogens (tertiary/aromatic N) is 2. The second kappa shape index (κ2) is 12.8. The highest BCUT2D eigenvalue weighted by Crippen LogP contribution is 2.36. The molecule has 250 valence electrons. The molecule has 0 atom stereocenters. The molecule has 0 saturated heterocycles. The maximum absolute atomic E-state index is 6.96. The van der Waals surface area contributed by atoms with E-state index in [1.54, 1.807) is 0 Å². The molecule has 7 aromatic rings. The molecule has 50 heavy (non-hydrogen) atoms. The van der Waals surface area contributed by atoms with Crippen molar-refractivity contribution < 1.29 is 4.74 Å². The monoisotopic (exact) mass is 674 g/mol. The Kier molecular flexibility index (Phi) is 8.64. The Morgan fingerprint density at radius 1 is 0.620 bits per heavy atom. The molecule has 0 aliphatic rings. The van der Waals surface area contributed by atoms with Gasteiger partial charge in [-0.1, -0.05) is 125 Å². The van der Waals surface area contributed by atoms with Crippen LogP contribution in [-0.2, 0) is 5.41 Å². The van der Waals surface area contributed by atoms with Gasteiger partial charge in [0.25, 0.3) is 0 Å². The second-order valence-electron chi connectivity index (χ2n) is 15.1. The van der Waals surface area contributed by atoms with Crippen LogP contribution in [0.15, 0.2) is 103 Å². The third-order valence-electron chi connectivity index (χ3n) is 10.0. The van der Waals surface area contributed by atoms with Crippen LogP contribution in [0, 0.1) is 41.5 Å². The summed E-state index contributed by atoms with van der Waals surface area (Å²) in [6.45, 7) is 19.9. The van der Waals surface area contributed by atoms with Crippen LogP contribution in [-0.4, -0.2) is 16.3 Å². The zero-order chi connectivity index (χ0) is 35.5. The molecule has 0 aliphatic heterocycles. The summed E-state index contributed by atoms with van der Waals surface area (Å²) in [4.78, 5) is 4.85. The van der Waals surface area contributed by atoms with E-state index in [9.17, 15) is 0 Å². The van der Waals surface area contributed by atoms with Crippen molar-refractivity contribution in [3.8, 4) is 17.3 Å². The van der Waals surface area contributed by atoms with Gasteiger partial charge in [0, 0.05) is 28.1 Å². The van der Waals surface area contributed by atoms with E-state index in [1.165, 1.54) is 55.3 Å². The van der Waals surface area contributed by atoms with Gasteiger partial charge >= 0.3 is 0 Å². The molecule has 5 aromatic carbocycles. The highest BCUT2D eigenvalue weighted by Gasteiger charge is 2.29. The van der Waals surface area contributed by atoms with Crippen LogP contribution in [0.25, 0.3) is 27.6 Å². The molecule has 7 rings (SSSR count). The Morgan fingerprint density at radius 3 is 1.84 bits per heavy atom. The summed E-state index contributed by atoms with van der Waals surface area (Å²) in [6, 6.07) is 34.5. The summed E-state index contributed by atoms with van der Waals surface area (Å²) in [7, 11) is 0. The molecule has 0 saturated carbocycles. The van der Waals surface area contributed by atoms with Crippen LogP contribution in [0.5, 0.6) is 11.5 Å². The molecule has 2 heterocycles. The lowest BCUT2D eigenvalue weighted by Crippen LogP contribution is -2.55. The van der Waals surface area contributed by atoms with Gasteiger partial charge in [-0.25, -0.2) is 4.98 Å². The minimum atomic E-state index is -0.0107. The molecular formula is C45H44BClN2O. The highest BCUT2D eigenvalue weighted by molar-refractivity contribution is 6.96. The van der Waals surface area contributed by atoms with Crippen molar-refractivity contribution in [2.75, 3.05) is 0 Å². The van der Waals surface area contributed by atoms with Crippen molar-refractivity contribution in [2.45, 2.75) is 67.7 Å². The fourth-order valence-electron chi connectivity index (χ4n) is 7.98. The minimum Gasteiger partial charge on any atom is -0.457 e. The lowest BCUT2D eigenvalue weighted by atomic mass is 9.34. The number of rotatable bonds is 6. The lowest BCUT2D eigenvalue weighted by molar-refractivity contribution is 0.484. The van der Waals surface area contributed by atoms with Crippen LogP contribution < -0.4 is 21.1 Å². The van der Waals surface area contributed by atoms with E-state index < -0.39 is 0 Å². The fraction of sp³-hybridized carbons (Fsp3) is 0.222. The molecule has 5 heteroatoms. The summed E-state index contributed by atoms with van der Waals surface area (Å²) >= 11 is 6.96. The molecule has 0 unspecified atom stereocenters. The summed E-state index contributed by atoms with van der Waals surface area (Å²) < 4.78 is 8.98. The average molecular weight is 675 g/mol. The normalized spacial score (nSPS) is 11.8. The third-order valence-corrected chi connectivity index (χ3v) is 10.2. The highest BCUT2D eigenvalue weighted by atomic mass is 35.5. The first-order valence-electron chi connectivity index (χ1n) is 17.4. The Hall–Kier alpha value is -4.80. The van der Waals surface area contributed by atoms with Crippen LogP contribution in [0.2, 0.25) is 5.02 Å². The Morgan fingerprint density at radius 2 is 1.22 bits per heavy atom. The number of aromatic nitrogens is 2. The Balaban J connectivity index is 1.38. The van der Waals surface area contributed by atoms with E-state index in [1.807, 2.05) is 12.3 Å². The van der Waals surface area contributed by atoms with Crippen molar-refractivity contribution in [1.29, 1.82) is 0 Å². The number of hydrogen-bond donors (Lipinski definition) is 0. The van der Waals surface area contributed by atoms with Crippen molar-refractivity contribution in [1.82, 2.24) is 9.55 Å². The SMILES string of the molecule is Cc1cc(C)c(B(c2cc(Cl)cc(Oc3ccc4c5ccccc5n(-c5cc(C(C)(C)C)ccn5)c4c3)c2)c2c(C)cc(C)cc2C)c(C)c1. The van der Waals surface area contributed by atoms with E-state index in [0.29, 0.717) is 10.8 Å². The number of halogens is 1. The molecule has 0 spiro atoms. The summed E-state index contributed by atoms with van der Waals surface area (Å²) in [5.74, 6) is 2.34. The summed E-state index contributed by atoms with van der Waals surface area (Å²) in [6.07, 6.45) is 1.91. The van der Waals surface area contributed by atoms with Crippen LogP contribution >= 0.6 is 11.6 Å². The fourth-order valence-corrected chi connectivity index (χ4v) is 8.22. The molecule has 3 nitrogen and oxygen atoms in total. The van der Waals surface area contributed by atoms with E-state index >= 15 is 0 Å². The Bertz CT molecular complexity index is 2330. The van der Waals surface area contributed by atoms with Gasteiger partial charge in [-0.3, -0.25) is 4.57 Å². The third kappa shape index (κ3) is 6.22. The first-order valence-corrected chi connectivity index (χ1v) is 17.8. The number of aryl methyl sites for hydroxylation is 6. The van der Waals surface area contributed by atoms with Crippen LogP contribution in [0.3, 0.4) is 0 Å². The van der Waals surface area contributed by atoms with Crippen molar-refractivity contribution in [2.24, 2.45) is 0 Å². The number of ether oxygens (including phenoxy) is 1. The van der Waals surface area contributed by atoms with Gasteiger partial charge in [0.1, 0.15) is 17.3 Å². The van der Waals surface area contributed by atoms with Gasteiger partial charge in [0.15, 0.2) is 0 Å². The van der Waals surface area contributed by atoms with E-state index in [0.717, 1.165) is 33.4 Å². The first kappa shape index (κ1) is 33.7. The average Bonchev–Trinajstić information content (AvgIpc) is 3.36. The standard InChI is InChI=1S/C45H44BClN2O/c1-27-18-29(3)43(30(4)19-27)46(44-31(5)20-28(2)21-32(44)6)34-23-35(47)25-37(24-34)50-36-14-15-39-38-12-10-11-13-40(38)49(41(39)26-36)42-22-33(16-17-48-42)45(7,8)9/h10-26H,1-9H3. The molecule has 0 N–H and O–H groups in total. The van der Waals surface area contributed by atoms with Crippen molar-refractivity contribution in [3.63, 3.8) is 0 Å². The largest absolute Gasteiger partial charge is 0.457 e.